The Labute approximate surface area is 169 Å². The summed E-state index contributed by atoms with van der Waals surface area (Å²) in [7, 11) is 3.31. The Morgan fingerprint density at radius 2 is 1.64 bits per heavy atom. The van der Waals surface area contributed by atoms with E-state index < -0.39 is 0 Å². The van der Waals surface area contributed by atoms with Crippen molar-refractivity contribution in [1.29, 1.82) is 0 Å². The van der Waals surface area contributed by atoms with E-state index in [4.69, 9.17) is 9.47 Å². The van der Waals surface area contributed by atoms with Gasteiger partial charge in [0.2, 0.25) is 0 Å². The lowest BCUT2D eigenvalue weighted by Gasteiger charge is -2.25. The molecule has 0 amide bonds. The van der Waals surface area contributed by atoms with E-state index >= 15 is 0 Å². The molecule has 0 aliphatic rings. The summed E-state index contributed by atoms with van der Waals surface area (Å²) < 4.78 is 10.7. The average molecular weight is 386 g/mol. The molecule has 0 saturated carbocycles. The van der Waals surface area contributed by atoms with E-state index in [1.54, 1.807) is 14.2 Å². The van der Waals surface area contributed by atoms with Crippen molar-refractivity contribution in [2.45, 2.75) is 39.7 Å². The minimum absolute atomic E-state index is 0.121. The zero-order valence-corrected chi connectivity index (χ0v) is 17.9. The molecule has 0 aromatic heterocycles. The number of aryl methyl sites for hydroxylation is 1. The van der Waals surface area contributed by atoms with E-state index in [0.29, 0.717) is 5.92 Å². The summed E-state index contributed by atoms with van der Waals surface area (Å²) in [5.41, 5.74) is 3.75. The van der Waals surface area contributed by atoms with Crippen LogP contribution in [0.2, 0.25) is 0 Å². The molecule has 0 aliphatic carbocycles. The average Bonchev–Trinajstić information content (AvgIpc) is 2.69. The number of benzene rings is 2. The Morgan fingerprint density at radius 3 is 2.18 bits per heavy atom. The van der Waals surface area contributed by atoms with Gasteiger partial charge in [0.25, 0.3) is 0 Å². The van der Waals surface area contributed by atoms with E-state index in [0.717, 1.165) is 36.4 Å². The third-order valence-corrected chi connectivity index (χ3v) is 5.12. The lowest BCUT2D eigenvalue weighted by molar-refractivity contribution is 0.215. The summed E-state index contributed by atoms with van der Waals surface area (Å²) >= 11 is 0. The Kier molecular flexibility index (Phi) is 8.81. The number of aliphatic hydroxyl groups is 1. The Bertz CT molecular complexity index is 707. The highest BCUT2D eigenvalue weighted by Crippen LogP contribution is 2.26. The molecule has 4 nitrogen and oxygen atoms in total. The molecular formula is C24H35NO3. The second-order valence-electron chi connectivity index (χ2n) is 7.92. The standard InChI is InChI=1S/C24H35NO3/c1-17(2)10-24(23-9-7-6-8-18(23)3)25-15-20(16-26)11-19-12-21(27-4)14-22(13-19)28-5/h6-9,12-14,17,20,24-26H,10-11,15-16H2,1-5H3. The molecular weight excluding hydrogens is 350 g/mol. The molecule has 2 aromatic rings. The molecule has 0 spiro atoms. The van der Waals surface area contributed by atoms with Crippen molar-refractivity contribution in [2.75, 3.05) is 27.4 Å². The molecule has 0 saturated heterocycles. The van der Waals surface area contributed by atoms with Gasteiger partial charge < -0.3 is 19.9 Å². The third-order valence-electron chi connectivity index (χ3n) is 5.12. The van der Waals surface area contributed by atoms with Crippen molar-refractivity contribution in [1.82, 2.24) is 5.32 Å². The van der Waals surface area contributed by atoms with Crippen LogP contribution in [0.15, 0.2) is 42.5 Å². The summed E-state index contributed by atoms with van der Waals surface area (Å²) in [4.78, 5) is 0. The van der Waals surface area contributed by atoms with E-state index in [9.17, 15) is 5.11 Å². The van der Waals surface area contributed by atoms with Crippen molar-refractivity contribution in [3.63, 3.8) is 0 Å². The molecule has 0 fully saturated rings. The summed E-state index contributed by atoms with van der Waals surface area (Å²) in [6, 6.07) is 14.7. The lowest BCUT2D eigenvalue weighted by atomic mass is 9.92. The Morgan fingerprint density at radius 1 is 1.00 bits per heavy atom. The first kappa shape index (κ1) is 22.3. The van der Waals surface area contributed by atoms with Crippen LogP contribution in [0.25, 0.3) is 0 Å². The quantitative estimate of drug-likeness (QED) is 0.596. The normalized spacial score (nSPS) is 13.4. The van der Waals surface area contributed by atoms with Crippen LogP contribution in [0.3, 0.4) is 0 Å². The van der Waals surface area contributed by atoms with Crippen LogP contribution in [0, 0.1) is 18.8 Å². The minimum atomic E-state index is 0.121. The molecule has 0 aliphatic heterocycles. The van der Waals surface area contributed by atoms with Gasteiger partial charge in [-0.1, -0.05) is 38.1 Å². The first-order chi connectivity index (χ1) is 13.5. The summed E-state index contributed by atoms with van der Waals surface area (Å²) in [6.07, 6.45) is 1.83. The van der Waals surface area contributed by atoms with Crippen molar-refractivity contribution < 1.29 is 14.6 Å². The maximum Gasteiger partial charge on any atom is 0.122 e. The highest BCUT2D eigenvalue weighted by Gasteiger charge is 2.18. The smallest absolute Gasteiger partial charge is 0.122 e. The third kappa shape index (κ3) is 6.54. The summed E-state index contributed by atoms with van der Waals surface area (Å²) in [5.74, 6) is 2.26. The van der Waals surface area contributed by atoms with Crippen LogP contribution >= 0.6 is 0 Å². The number of hydrogen-bond acceptors (Lipinski definition) is 4. The fourth-order valence-electron chi connectivity index (χ4n) is 3.60. The van der Waals surface area contributed by atoms with Gasteiger partial charge in [0.1, 0.15) is 11.5 Å². The largest absolute Gasteiger partial charge is 0.497 e. The number of nitrogens with one attached hydrogen (secondary N) is 1. The number of rotatable bonds is 11. The van der Waals surface area contributed by atoms with Gasteiger partial charge in [-0.3, -0.25) is 0 Å². The zero-order valence-electron chi connectivity index (χ0n) is 17.9. The van der Waals surface area contributed by atoms with Crippen molar-refractivity contribution in [2.24, 2.45) is 11.8 Å². The number of methoxy groups -OCH3 is 2. The first-order valence-electron chi connectivity index (χ1n) is 10.1. The van der Waals surface area contributed by atoms with E-state index in [-0.39, 0.29) is 18.6 Å². The number of ether oxygens (including phenoxy) is 2. The molecule has 2 rings (SSSR count). The van der Waals surface area contributed by atoms with Gasteiger partial charge in [0, 0.05) is 25.3 Å². The van der Waals surface area contributed by atoms with Gasteiger partial charge in [0.15, 0.2) is 0 Å². The lowest BCUT2D eigenvalue weighted by Crippen LogP contribution is -2.31. The van der Waals surface area contributed by atoms with E-state index in [2.05, 4.69) is 50.4 Å². The molecule has 0 heterocycles. The molecule has 2 atom stereocenters. The highest BCUT2D eigenvalue weighted by molar-refractivity contribution is 5.38. The second-order valence-corrected chi connectivity index (χ2v) is 7.92. The SMILES string of the molecule is COc1cc(CC(CO)CNC(CC(C)C)c2ccccc2C)cc(OC)c1. The summed E-state index contributed by atoms with van der Waals surface area (Å²) in [5, 5.41) is 13.7. The number of hydrogen-bond donors (Lipinski definition) is 2. The second kappa shape index (κ2) is 11.1. The Hall–Kier alpha value is -2.04. The molecule has 4 heteroatoms. The van der Waals surface area contributed by atoms with Gasteiger partial charge in [0.05, 0.1) is 14.2 Å². The fourth-order valence-corrected chi connectivity index (χ4v) is 3.60. The maximum atomic E-state index is 9.96. The molecule has 0 bridgehead atoms. The van der Waals surface area contributed by atoms with Gasteiger partial charge in [-0.2, -0.15) is 0 Å². The predicted octanol–water partition coefficient (Wildman–Crippen LogP) is 4.54. The zero-order chi connectivity index (χ0) is 20.5. The minimum Gasteiger partial charge on any atom is -0.497 e. The molecule has 154 valence electrons. The van der Waals surface area contributed by atoms with Crippen LogP contribution < -0.4 is 14.8 Å². The van der Waals surface area contributed by atoms with E-state index in [1.165, 1.54) is 11.1 Å². The fraction of sp³-hybridized carbons (Fsp3) is 0.500. The molecule has 2 unspecified atom stereocenters. The van der Waals surface area contributed by atoms with Gasteiger partial charge in [-0.25, -0.2) is 0 Å². The highest BCUT2D eigenvalue weighted by atomic mass is 16.5. The van der Waals surface area contributed by atoms with Gasteiger partial charge >= 0.3 is 0 Å². The molecule has 2 N–H and O–H groups in total. The van der Waals surface area contributed by atoms with Crippen molar-refractivity contribution in [3.8, 4) is 11.5 Å². The Balaban J connectivity index is 2.09. The van der Waals surface area contributed by atoms with Crippen LogP contribution in [-0.2, 0) is 6.42 Å². The van der Waals surface area contributed by atoms with Gasteiger partial charge in [-0.05, 0) is 60.4 Å². The van der Waals surface area contributed by atoms with Crippen LogP contribution in [-0.4, -0.2) is 32.5 Å². The van der Waals surface area contributed by atoms with E-state index in [1.807, 2.05) is 18.2 Å². The molecule has 0 radical (unpaired) electrons. The van der Waals surface area contributed by atoms with Crippen LogP contribution in [0.1, 0.15) is 43.0 Å². The van der Waals surface area contributed by atoms with Gasteiger partial charge in [-0.15, -0.1) is 0 Å². The van der Waals surface area contributed by atoms with Crippen molar-refractivity contribution in [3.05, 3.63) is 59.2 Å². The predicted molar refractivity (Wildman–Crippen MR) is 115 cm³/mol. The molecule has 2 aromatic carbocycles. The first-order valence-corrected chi connectivity index (χ1v) is 10.1. The van der Waals surface area contributed by atoms with Crippen LogP contribution in [0.4, 0.5) is 0 Å². The molecule has 28 heavy (non-hydrogen) atoms. The maximum absolute atomic E-state index is 9.96. The topological polar surface area (TPSA) is 50.7 Å². The number of aliphatic hydroxyl groups excluding tert-OH is 1. The monoisotopic (exact) mass is 385 g/mol. The van der Waals surface area contributed by atoms with Crippen molar-refractivity contribution >= 4 is 0 Å². The van der Waals surface area contributed by atoms with Crippen LogP contribution in [0.5, 0.6) is 11.5 Å². The summed E-state index contributed by atoms with van der Waals surface area (Å²) in [6.45, 7) is 7.55.